The van der Waals surface area contributed by atoms with Crippen LogP contribution in [0, 0.1) is 0 Å². The lowest BCUT2D eigenvalue weighted by atomic mass is 9.89. The maximum atomic E-state index is 14.0. The second-order valence-corrected chi connectivity index (χ2v) is 10.0. The number of amides is 2. The highest BCUT2D eigenvalue weighted by Crippen LogP contribution is 2.48. The summed E-state index contributed by atoms with van der Waals surface area (Å²) in [6.45, 7) is 0.235. The lowest BCUT2D eigenvalue weighted by molar-refractivity contribution is -0.151. The molecule has 1 unspecified atom stereocenters. The highest BCUT2D eigenvalue weighted by molar-refractivity contribution is 6.30. The zero-order valence-electron chi connectivity index (χ0n) is 20.6. The molecule has 5 rings (SSSR count). The molecule has 0 bridgehead atoms. The molecule has 1 atom stereocenters. The minimum atomic E-state index is -2.47. The van der Waals surface area contributed by atoms with Crippen molar-refractivity contribution < 1.29 is 23.5 Å². The number of likely N-dealkylation sites (tertiary alicyclic amines) is 1. The Morgan fingerprint density at radius 3 is 2.32 bits per heavy atom. The summed E-state index contributed by atoms with van der Waals surface area (Å²) in [5.41, 5.74) is 2.17. The Balaban J connectivity index is 1.34. The van der Waals surface area contributed by atoms with Gasteiger partial charge < -0.3 is 20.6 Å². The zero-order valence-corrected chi connectivity index (χ0v) is 21.3. The Bertz CT molecular complexity index is 1320. The van der Waals surface area contributed by atoms with Crippen LogP contribution in [0.2, 0.25) is 5.02 Å². The third kappa shape index (κ3) is 4.79. The van der Waals surface area contributed by atoms with Crippen LogP contribution in [0.5, 0.6) is 0 Å². The molecular formula is C29H28ClF2N3O3. The third-order valence-corrected chi connectivity index (χ3v) is 7.52. The normalized spacial score (nSPS) is 17.4. The molecule has 1 fully saturated rings. The van der Waals surface area contributed by atoms with Gasteiger partial charge in [0.1, 0.15) is 6.04 Å². The largest absolute Gasteiger partial charge is 0.372 e. The van der Waals surface area contributed by atoms with Crippen LogP contribution in [-0.4, -0.2) is 47.4 Å². The molecule has 0 saturated carbocycles. The van der Waals surface area contributed by atoms with Gasteiger partial charge in [0.2, 0.25) is 5.91 Å². The van der Waals surface area contributed by atoms with Crippen LogP contribution in [0.15, 0.2) is 66.7 Å². The Morgan fingerprint density at radius 2 is 1.66 bits per heavy atom. The van der Waals surface area contributed by atoms with Gasteiger partial charge in [-0.1, -0.05) is 66.2 Å². The summed E-state index contributed by atoms with van der Waals surface area (Å²) in [7, 11) is 0. The summed E-state index contributed by atoms with van der Waals surface area (Å²) in [4.78, 5) is 28.7. The van der Waals surface area contributed by atoms with E-state index in [4.69, 9.17) is 11.6 Å². The summed E-state index contributed by atoms with van der Waals surface area (Å²) in [5, 5.41) is 18.0. The first-order valence-electron chi connectivity index (χ1n) is 12.6. The molecule has 0 spiro atoms. The highest BCUT2D eigenvalue weighted by Gasteiger charge is 2.52. The number of nitrogens with zero attached hydrogens (tertiary/aromatic N) is 1. The fourth-order valence-corrected chi connectivity index (χ4v) is 5.67. The summed E-state index contributed by atoms with van der Waals surface area (Å²) in [5.74, 6) is -0.863. The lowest BCUT2D eigenvalue weighted by Crippen LogP contribution is -2.52. The fourth-order valence-electron chi connectivity index (χ4n) is 5.48. The zero-order chi connectivity index (χ0) is 26.9. The smallest absolute Gasteiger partial charge is 0.264 e. The Hall–Kier alpha value is -3.33. The van der Waals surface area contributed by atoms with Crippen molar-refractivity contribution in [1.29, 1.82) is 0 Å². The van der Waals surface area contributed by atoms with Crippen LogP contribution in [0.1, 0.15) is 35.1 Å². The van der Waals surface area contributed by atoms with E-state index in [9.17, 15) is 23.5 Å². The van der Waals surface area contributed by atoms with Gasteiger partial charge in [-0.2, -0.15) is 0 Å². The van der Waals surface area contributed by atoms with Crippen molar-refractivity contribution in [3.8, 4) is 11.1 Å². The van der Waals surface area contributed by atoms with E-state index < -0.39 is 30.5 Å². The monoisotopic (exact) mass is 539 g/mol. The van der Waals surface area contributed by atoms with E-state index in [0.29, 0.717) is 41.1 Å². The predicted octanol–water partition coefficient (Wildman–Crippen LogP) is 4.22. The highest BCUT2D eigenvalue weighted by atomic mass is 35.5. The standard InChI is InChI=1S/C29H28ClF2N3O3/c30-20-12-11-18(15-33-17-26(31)32)19(14-20)16-34-27(36)25-10-5-13-35(25)28(37)29(38)23-8-3-1-6-21(23)22-7-2-4-9-24(22)29/h1-4,6-9,11-12,14,25-26,33,38H,5,10,13,15-17H2,(H,34,36). The molecule has 9 heteroatoms. The molecular weight excluding hydrogens is 512 g/mol. The number of alkyl halides is 2. The Morgan fingerprint density at radius 1 is 1.00 bits per heavy atom. The average molecular weight is 540 g/mol. The SMILES string of the molecule is O=C(NCc1cc(Cl)ccc1CNCC(F)F)C1CCCN1C(=O)C1(O)c2ccccc2-c2ccccc21. The molecule has 0 radical (unpaired) electrons. The molecule has 2 aliphatic rings. The molecule has 1 aliphatic heterocycles. The first kappa shape index (κ1) is 26.3. The second kappa shape index (κ2) is 10.8. The molecule has 3 N–H and O–H groups in total. The number of nitrogens with one attached hydrogen (secondary N) is 2. The fraction of sp³-hybridized carbons (Fsp3) is 0.310. The van der Waals surface area contributed by atoms with E-state index in [1.807, 2.05) is 24.3 Å². The van der Waals surface area contributed by atoms with Crippen molar-refractivity contribution >= 4 is 23.4 Å². The van der Waals surface area contributed by atoms with Gasteiger partial charge in [0.25, 0.3) is 12.3 Å². The number of halogens is 3. The second-order valence-electron chi connectivity index (χ2n) is 9.61. The van der Waals surface area contributed by atoms with Crippen molar-refractivity contribution in [3.05, 3.63) is 94.0 Å². The molecule has 198 valence electrons. The van der Waals surface area contributed by atoms with Gasteiger partial charge in [-0.3, -0.25) is 9.59 Å². The van der Waals surface area contributed by atoms with Gasteiger partial charge in [-0.25, -0.2) is 8.78 Å². The number of rotatable bonds is 8. The number of carbonyl (C=O) groups is 2. The van der Waals surface area contributed by atoms with Gasteiger partial charge in [-0.05, 0) is 47.2 Å². The van der Waals surface area contributed by atoms with E-state index in [0.717, 1.165) is 16.7 Å². The molecule has 1 aliphatic carbocycles. The van der Waals surface area contributed by atoms with Crippen LogP contribution < -0.4 is 10.6 Å². The van der Waals surface area contributed by atoms with E-state index in [1.54, 1.807) is 42.5 Å². The maximum absolute atomic E-state index is 14.0. The molecule has 1 saturated heterocycles. The third-order valence-electron chi connectivity index (χ3n) is 7.29. The number of carbonyl (C=O) groups excluding carboxylic acids is 2. The van der Waals surface area contributed by atoms with Gasteiger partial charge in [0.05, 0.1) is 6.54 Å². The van der Waals surface area contributed by atoms with Crippen molar-refractivity contribution in [2.45, 2.75) is 44.0 Å². The molecule has 2 amide bonds. The minimum Gasteiger partial charge on any atom is -0.372 e. The van der Waals surface area contributed by atoms with E-state index in [-0.39, 0.29) is 19.0 Å². The van der Waals surface area contributed by atoms with E-state index >= 15 is 0 Å². The molecule has 3 aromatic rings. The van der Waals surface area contributed by atoms with Crippen LogP contribution in [-0.2, 0) is 28.3 Å². The van der Waals surface area contributed by atoms with Crippen molar-refractivity contribution in [1.82, 2.24) is 15.5 Å². The first-order valence-corrected chi connectivity index (χ1v) is 12.9. The molecule has 0 aromatic heterocycles. The van der Waals surface area contributed by atoms with Crippen LogP contribution in [0.3, 0.4) is 0 Å². The van der Waals surface area contributed by atoms with Gasteiger partial charge in [0, 0.05) is 35.8 Å². The lowest BCUT2D eigenvalue weighted by Gasteiger charge is -2.33. The van der Waals surface area contributed by atoms with E-state index in [2.05, 4.69) is 10.6 Å². The maximum Gasteiger partial charge on any atom is 0.264 e. The number of aliphatic hydroxyl groups is 1. The number of benzene rings is 3. The quantitative estimate of drug-likeness (QED) is 0.400. The molecule has 38 heavy (non-hydrogen) atoms. The van der Waals surface area contributed by atoms with Crippen LogP contribution in [0.25, 0.3) is 11.1 Å². The Kier molecular flexibility index (Phi) is 7.47. The number of hydrogen-bond acceptors (Lipinski definition) is 4. The van der Waals surface area contributed by atoms with Crippen molar-refractivity contribution in [2.75, 3.05) is 13.1 Å². The Labute approximate surface area is 224 Å². The molecule has 1 heterocycles. The summed E-state index contributed by atoms with van der Waals surface area (Å²) < 4.78 is 25.1. The van der Waals surface area contributed by atoms with Gasteiger partial charge in [0.15, 0.2) is 5.60 Å². The summed E-state index contributed by atoms with van der Waals surface area (Å²) in [6.07, 6.45) is -1.37. The number of fused-ring (bicyclic) bond motifs is 3. The summed E-state index contributed by atoms with van der Waals surface area (Å²) >= 11 is 6.15. The topological polar surface area (TPSA) is 81.7 Å². The van der Waals surface area contributed by atoms with Crippen molar-refractivity contribution in [3.63, 3.8) is 0 Å². The van der Waals surface area contributed by atoms with E-state index in [1.165, 1.54) is 4.90 Å². The first-order chi connectivity index (χ1) is 18.3. The minimum absolute atomic E-state index is 0.125. The van der Waals surface area contributed by atoms with Gasteiger partial charge >= 0.3 is 0 Å². The molecule has 3 aromatic carbocycles. The van der Waals surface area contributed by atoms with Crippen LogP contribution in [0.4, 0.5) is 8.78 Å². The van der Waals surface area contributed by atoms with Crippen LogP contribution >= 0.6 is 11.6 Å². The molecule has 6 nitrogen and oxygen atoms in total. The van der Waals surface area contributed by atoms with Gasteiger partial charge in [-0.15, -0.1) is 0 Å². The predicted molar refractivity (Wildman–Crippen MR) is 141 cm³/mol. The number of hydrogen-bond donors (Lipinski definition) is 3. The summed E-state index contributed by atoms with van der Waals surface area (Å²) in [6, 6.07) is 18.9. The van der Waals surface area contributed by atoms with Crippen molar-refractivity contribution in [2.24, 2.45) is 0 Å². The average Bonchev–Trinajstić information content (AvgIpc) is 3.51.